The minimum absolute atomic E-state index is 0.0315. The summed E-state index contributed by atoms with van der Waals surface area (Å²) >= 11 is 6.63. The van der Waals surface area contributed by atoms with Crippen LogP contribution in [0.2, 0.25) is 5.02 Å². The zero-order valence-corrected chi connectivity index (χ0v) is 20.6. The standard InChI is InChI=1S/C26H29ClN6O2/c1-32(2)26(34)20-16-3-4-17(13-16)21(20)29-22-19(27)14-28-25-23(22)30-24(31-25)15-5-7-18(8-6-15)33-9-11-35-12-10-33/h3-8,14,16-17,20-21H,9-13H2,1-2H3,(H2,28,29,30,31)/t16-,17+,20+,21-/m1/s1. The average Bonchev–Trinajstić information content (AvgIpc) is 3.61. The molecule has 3 aliphatic rings. The summed E-state index contributed by atoms with van der Waals surface area (Å²) in [6, 6.07) is 8.35. The summed E-state index contributed by atoms with van der Waals surface area (Å²) in [6.07, 6.45) is 7.03. The van der Waals surface area contributed by atoms with Gasteiger partial charge >= 0.3 is 0 Å². The van der Waals surface area contributed by atoms with Crippen LogP contribution in [0.1, 0.15) is 6.42 Å². The smallest absolute Gasteiger partial charge is 0.227 e. The molecule has 1 saturated heterocycles. The van der Waals surface area contributed by atoms with Gasteiger partial charge in [-0.25, -0.2) is 9.97 Å². The molecule has 1 aromatic carbocycles. The van der Waals surface area contributed by atoms with Gasteiger partial charge in [0.1, 0.15) is 11.3 Å². The van der Waals surface area contributed by atoms with Crippen molar-refractivity contribution in [3.63, 3.8) is 0 Å². The topological polar surface area (TPSA) is 86.4 Å². The summed E-state index contributed by atoms with van der Waals surface area (Å²) in [5.74, 6) is 1.30. The van der Waals surface area contributed by atoms with Crippen LogP contribution in [0.5, 0.6) is 0 Å². The second kappa shape index (κ2) is 8.84. The number of nitrogens with one attached hydrogen (secondary N) is 2. The molecule has 1 saturated carbocycles. The summed E-state index contributed by atoms with van der Waals surface area (Å²) in [6.45, 7) is 3.31. The van der Waals surface area contributed by atoms with Gasteiger partial charge in [-0.15, -0.1) is 0 Å². The fraction of sp³-hybridized carbons (Fsp3) is 0.423. The van der Waals surface area contributed by atoms with Crippen LogP contribution in [0.3, 0.4) is 0 Å². The number of amides is 1. The number of imidazole rings is 1. The molecule has 1 aliphatic heterocycles. The molecule has 9 heteroatoms. The lowest BCUT2D eigenvalue weighted by atomic mass is 9.87. The highest BCUT2D eigenvalue weighted by molar-refractivity contribution is 6.34. The van der Waals surface area contributed by atoms with Gasteiger partial charge in [0.25, 0.3) is 0 Å². The summed E-state index contributed by atoms with van der Waals surface area (Å²) in [7, 11) is 3.63. The van der Waals surface area contributed by atoms with Gasteiger partial charge in [-0.2, -0.15) is 0 Å². The Balaban J connectivity index is 1.31. The Morgan fingerprint density at radius 3 is 2.66 bits per heavy atom. The number of carbonyl (C=O) groups excluding carboxylic acids is 1. The lowest BCUT2D eigenvalue weighted by molar-refractivity contribution is -0.133. The molecule has 0 unspecified atom stereocenters. The molecule has 182 valence electrons. The van der Waals surface area contributed by atoms with E-state index in [1.54, 1.807) is 11.1 Å². The second-order valence-corrected chi connectivity index (χ2v) is 10.2. The van der Waals surface area contributed by atoms with Crippen molar-refractivity contribution in [1.29, 1.82) is 0 Å². The summed E-state index contributed by atoms with van der Waals surface area (Å²) < 4.78 is 5.46. The molecule has 2 bridgehead atoms. The first-order chi connectivity index (χ1) is 17.0. The van der Waals surface area contributed by atoms with E-state index in [0.717, 1.165) is 49.8 Å². The monoisotopic (exact) mass is 492 g/mol. The number of halogens is 1. The van der Waals surface area contributed by atoms with E-state index in [9.17, 15) is 4.79 Å². The Hall–Kier alpha value is -3.10. The first-order valence-corrected chi connectivity index (χ1v) is 12.5. The Morgan fingerprint density at radius 2 is 1.91 bits per heavy atom. The molecule has 2 N–H and O–H groups in total. The minimum atomic E-state index is -0.120. The number of allylic oxidation sites excluding steroid dienone is 1. The van der Waals surface area contributed by atoms with Gasteiger partial charge in [0.15, 0.2) is 5.65 Å². The molecule has 0 spiro atoms. The van der Waals surface area contributed by atoms with Crippen LogP contribution in [0.25, 0.3) is 22.6 Å². The number of carbonyl (C=O) groups is 1. The molecular formula is C26H29ClN6O2. The summed E-state index contributed by atoms with van der Waals surface area (Å²) in [4.78, 5) is 29.7. The largest absolute Gasteiger partial charge is 0.378 e. The zero-order valence-electron chi connectivity index (χ0n) is 19.9. The maximum absolute atomic E-state index is 13.0. The molecular weight excluding hydrogens is 464 g/mol. The molecule has 2 fully saturated rings. The predicted molar refractivity (Wildman–Crippen MR) is 138 cm³/mol. The quantitative estimate of drug-likeness (QED) is 0.527. The number of nitrogens with zero attached hydrogens (tertiary/aromatic N) is 4. The SMILES string of the molecule is CN(C)C(=O)[C@@H]1[C@H](Nc2c(Cl)cnc3[nH]c(-c4ccc(N5CCOCC5)cc4)nc23)[C@H]2C=C[C@@H]1C2. The van der Waals surface area contributed by atoms with Gasteiger partial charge in [0, 0.05) is 44.5 Å². The van der Waals surface area contributed by atoms with Crippen molar-refractivity contribution in [2.45, 2.75) is 12.5 Å². The van der Waals surface area contributed by atoms with E-state index >= 15 is 0 Å². The van der Waals surface area contributed by atoms with E-state index in [1.165, 1.54) is 5.69 Å². The van der Waals surface area contributed by atoms with Crippen molar-refractivity contribution in [3.8, 4) is 11.4 Å². The van der Waals surface area contributed by atoms with E-state index in [0.29, 0.717) is 22.1 Å². The summed E-state index contributed by atoms with van der Waals surface area (Å²) in [5, 5.41) is 4.12. The molecule has 1 amide bonds. The molecule has 3 aromatic rings. The Bertz CT molecular complexity index is 1280. The van der Waals surface area contributed by atoms with Crippen molar-refractivity contribution in [1.82, 2.24) is 19.9 Å². The number of morpholine rings is 1. The fourth-order valence-corrected chi connectivity index (χ4v) is 5.87. The van der Waals surface area contributed by atoms with Crippen LogP contribution in [0.15, 0.2) is 42.6 Å². The number of rotatable bonds is 5. The molecule has 2 aliphatic carbocycles. The van der Waals surface area contributed by atoms with E-state index < -0.39 is 0 Å². The average molecular weight is 493 g/mol. The van der Waals surface area contributed by atoms with Crippen molar-refractivity contribution in [2.24, 2.45) is 17.8 Å². The predicted octanol–water partition coefficient (Wildman–Crippen LogP) is 3.81. The number of pyridine rings is 1. The molecule has 35 heavy (non-hydrogen) atoms. The number of anilines is 2. The van der Waals surface area contributed by atoms with Crippen LogP contribution in [0, 0.1) is 17.8 Å². The van der Waals surface area contributed by atoms with Crippen LogP contribution in [-0.2, 0) is 9.53 Å². The highest BCUT2D eigenvalue weighted by Crippen LogP contribution is 2.46. The Kier molecular flexibility index (Phi) is 5.65. The third kappa shape index (κ3) is 3.94. The first kappa shape index (κ1) is 22.4. The third-order valence-electron chi connectivity index (χ3n) is 7.48. The van der Waals surface area contributed by atoms with Crippen LogP contribution < -0.4 is 10.2 Å². The summed E-state index contributed by atoms with van der Waals surface area (Å²) in [5.41, 5.74) is 4.24. The van der Waals surface area contributed by atoms with Crippen LogP contribution >= 0.6 is 11.6 Å². The van der Waals surface area contributed by atoms with Crippen molar-refractivity contribution in [3.05, 3.63) is 47.6 Å². The number of hydrogen-bond donors (Lipinski definition) is 2. The van der Waals surface area contributed by atoms with E-state index in [4.69, 9.17) is 21.3 Å². The maximum atomic E-state index is 13.0. The molecule has 4 atom stereocenters. The first-order valence-electron chi connectivity index (χ1n) is 12.1. The van der Waals surface area contributed by atoms with E-state index in [-0.39, 0.29) is 23.8 Å². The van der Waals surface area contributed by atoms with Gasteiger partial charge in [0.05, 0.1) is 36.0 Å². The second-order valence-electron chi connectivity index (χ2n) is 9.79. The van der Waals surface area contributed by atoms with Crippen molar-refractivity contribution in [2.75, 3.05) is 50.6 Å². The number of hydrogen-bond acceptors (Lipinski definition) is 6. The molecule has 8 nitrogen and oxygen atoms in total. The molecule has 0 radical (unpaired) electrons. The highest BCUT2D eigenvalue weighted by atomic mass is 35.5. The van der Waals surface area contributed by atoms with Gasteiger partial charge in [-0.3, -0.25) is 4.79 Å². The number of aromatic amines is 1. The number of benzene rings is 1. The van der Waals surface area contributed by atoms with Crippen molar-refractivity contribution < 1.29 is 9.53 Å². The van der Waals surface area contributed by atoms with Crippen LogP contribution in [0.4, 0.5) is 11.4 Å². The molecule has 3 heterocycles. The number of aromatic nitrogens is 3. The minimum Gasteiger partial charge on any atom is -0.378 e. The fourth-order valence-electron chi connectivity index (χ4n) is 5.68. The normalized spacial score (nSPS) is 25.4. The van der Waals surface area contributed by atoms with Crippen molar-refractivity contribution >= 4 is 40.0 Å². The van der Waals surface area contributed by atoms with E-state index in [2.05, 4.69) is 56.6 Å². The number of H-pyrrole nitrogens is 1. The molecule has 6 rings (SSSR count). The van der Waals surface area contributed by atoms with Gasteiger partial charge in [-0.05, 0) is 42.5 Å². The lowest BCUT2D eigenvalue weighted by Gasteiger charge is -2.31. The van der Waals surface area contributed by atoms with Gasteiger partial charge < -0.3 is 24.8 Å². The Morgan fingerprint density at radius 1 is 1.17 bits per heavy atom. The van der Waals surface area contributed by atoms with E-state index in [1.807, 2.05) is 14.1 Å². The Labute approximate surface area is 209 Å². The highest BCUT2D eigenvalue weighted by Gasteiger charge is 2.49. The third-order valence-corrected chi connectivity index (χ3v) is 7.77. The zero-order chi connectivity index (χ0) is 24.1. The number of fused-ring (bicyclic) bond motifs is 3. The number of ether oxygens (including phenoxy) is 1. The lowest BCUT2D eigenvalue weighted by Crippen LogP contribution is -2.43. The van der Waals surface area contributed by atoms with Gasteiger partial charge in [0.2, 0.25) is 5.91 Å². The molecule has 2 aromatic heterocycles. The maximum Gasteiger partial charge on any atom is 0.227 e. The van der Waals surface area contributed by atoms with Crippen LogP contribution in [-0.4, -0.2) is 72.2 Å². The van der Waals surface area contributed by atoms with Gasteiger partial charge in [-0.1, -0.05) is 23.8 Å².